The zero-order valence-corrected chi connectivity index (χ0v) is 17.0. The number of hydrazone groups is 1. The van der Waals surface area contributed by atoms with Crippen LogP contribution in [0.1, 0.15) is 35.4 Å². The molecule has 28 heavy (non-hydrogen) atoms. The molecule has 140 valence electrons. The number of benzene rings is 3. The fourth-order valence-electron chi connectivity index (χ4n) is 3.72. The average Bonchev–Trinajstić information content (AvgIpc) is 3.14. The summed E-state index contributed by atoms with van der Waals surface area (Å²) < 4.78 is 20.7. The van der Waals surface area contributed by atoms with E-state index in [4.69, 9.17) is 21.4 Å². The van der Waals surface area contributed by atoms with Crippen LogP contribution in [0.3, 0.4) is 0 Å². The highest BCUT2D eigenvalue weighted by atomic mass is 79.9. The molecule has 2 atom stereocenters. The molecule has 0 radical (unpaired) electrons. The lowest BCUT2D eigenvalue weighted by molar-refractivity contribution is -0.0190. The van der Waals surface area contributed by atoms with Gasteiger partial charge in [0, 0.05) is 27.0 Å². The molecule has 3 aromatic carbocycles. The lowest BCUT2D eigenvalue weighted by Crippen LogP contribution is -2.33. The second kappa shape index (κ2) is 6.90. The summed E-state index contributed by atoms with van der Waals surface area (Å²) in [7, 11) is 0. The van der Waals surface area contributed by atoms with Crippen LogP contribution in [0.5, 0.6) is 5.75 Å². The van der Waals surface area contributed by atoms with E-state index in [0.29, 0.717) is 5.02 Å². The van der Waals surface area contributed by atoms with Gasteiger partial charge in [0.25, 0.3) is 0 Å². The lowest BCUT2D eigenvalue weighted by Gasteiger charge is -2.38. The van der Waals surface area contributed by atoms with Gasteiger partial charge < -0.3 is 4.74 Å². The summed E-state index contributed by atoms with van der Waals surface area (Å²) in [5, 5.41) is 7.52. The van der Waals surface area contributed by atoms with Crippen LogP contribution in [0.25, 0.3) is 0 Å². The number of hydrogen-bond donors (Lipinski definition) is 0. The van der Waals surface area contributed by atoms with Gasteiger partial charge in [0.15, 0.2) is 0 Å². The number of ether oxygens (including phenoxy) is 1. The van der Waals surface area contributed by atoms with Crippen molar-refractivity contribution >= 4 is 33.2 Å². The first-order valence-corrected chi connectivity index (χ1v) is 10.1. The van der Waals surface area contributed by atoms with Crippen molar-refractivity contribution in [2.45, 2.75) is 18.7 Å². The van der Waals surface area contributed by atoms with Gasteiger partial charge >= 0.3 is 0 Å². The van der Waals surface area contributed by atoms with E-state index in [0.717, 1.165) is 39.0 Å². The predicted molar refractivity (Wildman–Crippen MR) is 111 cm³/mol. The van der Waals surface area contributed by atoms with E-state index < -0.39 is 6.23 Å². The van der Waals surface area contributed by atoms with E-state index >= 15 is 0 Å². The minimum atomic E-state index is -0.424. The van der Waals surface area contributed by atoms with E-state index in [1.165, 1.54) is 12.1 Å². The molecular weight excluding hydrogens is 443 g/mol. The van der Waals surface area contributed by atoms with Crippen molar-refractivity contribution in [3.8, 4) is 5.75 Å². The molecule has 6 heteroatoms. The highest BCUT2D eigenvalue weighted by Crippen LogP contribution is 2.48. The number of nitrogens with zero attached hydrogens (tertiary/aromatic N) is 2. The zero-order chi connectivity index (χ0) is 19.3. The van der Waals surface area contributed by atoms with E-state index in [1.807, 2.05) is 47.5 Å². The van der Waals surface area contributed by atoms with Gasteiger partial charge in [0.1, 0.15) is 11.6 Å². The molecule has 0 amide bonds. The summed E-state index contributed by atoms with van der Waals surface area (Å²) in [5.41, 5.74) is 3.93. The summed E-state index contributed by atoms with van der Waals surface area (Å²) in [6.45, 7) is 0. The molecule has 0 saturated heterocycles. The average molecular weight is 458 g/mol. The Balaban J connectivity index is 1.59. The molecule has 0 aliphatic carbocycles. The molecule has 0 aromatic heterocycles. The normalized spacial score (nSPS) is 20.2. The smallest absolute Gasteiger partial charge is 0.213 e. The van der Waals surface area contributed by atoms with Crippen LogP contribution in [-0.2, 0) is 0 Å². The summed E-state index contributed by atoms with van der Waals surface area (Å²) in [4.78, 5) is 0. The van der Waals surface area contributed by atoms with Crippen molar-refractivity contribution in [3.05, 3.63) is 98.7 Å². The molecule has 2 aliphatic heterocycles. The molecule has 3 nitrogen and oxygen atoms in total. The van der Waals surface area contributed by atoms with Crippen molar-refractivity contribution < 1.29 is 9.13 Å². The minimum Gasteiger partial charge on any atom is -0.464 e. The van der Waals surface area contributed by atoms with Crippen LogP contribution in [0.2, 0.25) is 5.02 Å². The Bertz CT molecular complexity index is 1070. The number of hydrogen-bond acceptors (Lipinski definition) is 3. The van der Waals surface area contributed by atoms with Crippen molar-refractivity contribution in [2.75, 3.05) is 0 Å². The Labute approximate surface area is 175 Å². The van der Waals surface area contributed by atoms with E-state index in [2.05, 4.69) is 15.9 Å². The molecule has 3 aromatic rings. The van der Waals surface area contributed by atoms with Crippen LogP contribution >= 0.6 is 27.5 Å². The van der Waals surface area contributed by atoms with Gasteiger partial charge in [-0.1, -0.05) is 51.8 Å². The topological polar surface area (TPSA) is 24.8 Å². The summed E-state index contributed by atoms with van der Waals surface area (Å²) in [6.07, 6.45) is 0.322. The first-order valence-electron chi connectivity index (χ1n) is 8.92. The second-order valence-corrected chi connectivity index (χ2v) is 8.21. The number of halogens is 3. The Hall–Kier alpha value is -2.37. The largest absolute Gasteiger partial charge is 0.464 e. The molecule has 0 bridgehead atoms. The van der Waals surface area contributed by atoms with Gasteiger partial charge in [-0.3, -0.25) is 0 Å². The Morgan fingerprint density at radius 1 is 1.04 bits per heavy atom. The van der Waals surface area contributed by atoms with Gasteiger partial charge in [-0.2, -0.15) is 5.10 Å². The molecule has 0 unspecified atom stereocenters. The number of fused-ring (bicyclic) bond motifs is 3. The monoisotopic (exact) mass is 456 g/mol. The first kappa shape index (κ1) is 17.7. The van der Waals surface area contributed by atoms with Crippen LogP contribution in [0.15, 0.2) is 76.3 Å². The van der Waals surface area contributed by atoms with Crippen molar-refractivity contribution in [2.24, 2.45) is 5.10 Å². The summed E-state index contributed by atoms with van der Waals surface area (Å²) in [5.74, 6) is 0.510. The quantitative estimate of drug-likeness (QED) is 0.440. The molecule has 0 N–H and O–H groups in total. The molecule has 0 fully saturated rings. The fraction of sp³-hybridized carbons (Fsp3) is 0.136. The predicted octanol–water partition coefficient (Wildman–Crippen LogP) is 6.48. The Morgan fingerprint density at radius 2 is 1.79 bits per heavy atom. The van der Waals surface area contributed by atoms with Gasteiger partial charge in [-0.15, -0.1) is 0 Å². The molecule has 2 heterocycles. The zero-order valence-electron chi connectivity index (χ0n) is 14.6. The lowest BCUT2D eigenvalue weighted by atomic mass is 9.96. The standard InChI is InChI=1S/C22H15BrClFN2O/c23-15-5-1-13(2-6-15)19-12-20-18-11-16(24)7-10-21(18)28-22(27(20)26-19)14-3-8-17(25)9-4-14/h1-11,20,22H,12H2/t20-,22+/m1/s1. The van der Waals surface area contributed by atoms with Crippen molar-refractivity contribution in [3.63, 3.8) is 0 Å². The molecule has 2 aliphatic rings. The highest BCUT2D eigenvalue weighted by molar-refractivity contribution is 9.10. The van der Waals surface area contributed by atoms with Crippen molar-refractivity contribution in [1.82, 2.24) is 5.01 Å². The highest BCUT2D eigenvalue weighted by Gasteiger charge is 2.41. The van der Waals surface area contributed by atoms with Crippen LogP contribution < -0.4 is 4.74 Å². The summed E-state index contributed by atoms with van der Waals surface area (Å²) >= 11 is 9.73. The van der Waals surface area contributed by atoms with E-state index in [-0.39, 0.29) is 11.9 Å². The second-order valence-electron chi connectivity index (χ2n) is 6.86. The van der Waals surface area contributed by atoms with Crippen LogP contribution in [0.4, 0.5) is 4.39 Å². The number of rotatable bonds is 2. The van der Waals surface area contributed by atoms with Gasteiger partial charge in [0.05, 0.1) is 11.8 Å². The van der Waals surface area contributed by atoms with E-state index in [9.17, 15) is 4.39 Å². The van der Waals surface area contributed by atoms with Crippen LogP contribution in [-0.4, -0.2) is 10.7 Å². The SMILES string of the molecule is Fc1ccc([C@@H]2Oc3ccc(Cl)cc3[C@H]3CC(c4ccc(Br)cc4)=NN32)cc1. The third-order valence-electron chi connectivity index (χ3n) is 5.08. The Kier molecular flexibility index (Phi) is 4.37. The van der Waals surface area contributed by atoms with E-state index in [1.54, 1.807) is 12.1 Å². The third kappa shape index (κ3) is 3.09. The van der Waals surface area contributed by atoms with Crippen molar-refractivity contribution in [1.29, 1.82) is 0 Å². The van der Waals surface area contributed by atoms with Crippen LogP contribution in [0, 0.1) is 5.82 Å². The molecular formula is C22H15BrClFN2O. The Morgan fingerprint density at radius 3 is 2.54 bits per heavy atom. The van der Waals surface area contributed by atoms with Gasteiger partial charge in [0.2, 0.25) is 6.23 Å². The minimum absolute atomic E-state index is 0.0103. The maximum Gasteiger partial charge on any atom is 0.213 e. The van der Waals surface area contributed by atoms with Gasteiger partial charge in [-0.25, -0.2) is 9.40 Å². The first-order chi connectivity index (χ1) is 13.6. The maximum absolute atomic E-state index is 13.4. The maximum atomic E-state index is 13.4. The van der Waals surface area contributed by atoms with Gasteiger partial charge in [-0.05, 0) is 48.0 Å². The fourth-order valence-corrected chi connectivity index (χ4v) is 4.17. The molecule has 5 rings (SSSR count). The molecule has 0 spiro atoms. The summed E-state index contributed by atoms with van der Waals surface area (Å²) in [6, 6.07) is 20.2. The molecule has 0 saturated carbocycles. The third-order valence-corrected chi connectivity index (χ3v) is 5.85.